The first-order valence-electron chi connectivity index (χ1n) is 9.12. The van der Waals surface area contributed by atoms with E-state index in [4.69, 9.17) is 27.9 Å². The lowest BCUT2D eigenvalue weighted by molar-refractivity contribution is -0.150. The molecule has 0 saturated carbocycles. The Morgan fingerprint density at radius 3 is 2.00 bits per heavy atom. The zero-order valence-corrected chi connectivity index (χ0v) is 18.8. The molecule has 0 aromatic heterocycles. The Morgan fingerprint density at radius 1 is 1.07 bits per heavy atom. The summed E-state index contributed by atoms with van der Waals surface area (Å²) in [7, 11) is 1.57. The van der Waals surface area contributed by atoms with Crippen LogP contribution in [0.15, 0.2) is 40.7 Å². The van der Waals surface area contributed by atoms with Gasteiger partial charge in [-0.3, -0.25) is 4.79 Å². The van der Waals surface area contributed by atoms with Crippen LogP contribution in [0.25, 0.3) is 0 Å². The van der Waals surface area contributed by atoms with E-state index in [9.17, 15) is 24.6 Å². The van der Waals surface area contributed by atoms with Crippen LogP contribution < -0.4 is 0 Å². The van der Waals surface area contributed by atoms with Crippen LogP contribution in [0.3, 0.4) is 0 Å². The molecular weight excluding hydrogens is 433 g/mol. The number of aliphatic carboxylic acids is 2. The molecule has 0 bridgehead atoms. The standard InChI is InChI=1S/C21H23Cl2NO6/c1-10(2)20(29)30-9-21(13-7-6-8-14(22)17(13)23)15(18(25)26)11(3)24(5)12(4)16(21)19(27)28/h6-8,10H,9H2,1-5H3,(H,25,26)(H,27,28). The Labute approximate surface area is 184 Å². The van der Waals surface area contributed by atoms with Crippen molar-refractivity contribution in [2.75, 3.05) is 13.7 Å². The minimum Gasteiger partial charge on any atom is -0.478 e. The van der Waals surface area contributed by atoms with Crippen LogP contribution in [0.4, 0.5) is 0 Å². The molecule has 0 fully saturated rings. The molecule has 0 spiro atoms. The van der Waals surface area contributed by atoms with Crippen LogP contribution in [0.1, 0.15) is 33.3 Å². The maximum absolute atomic E-state index is 12.4. The van der Waals surface area contributed by atoms with Gasteiger partial charge in [-0.1, -0.05) is 49.2 Å². The molecule has 1 aliphatic rings. The highest BCUT2D eigenvalue weighted by molar-refractivity contribution is 6.42. The normalized spacial score (nSPS) is 16.2. The number of halogens is 2. The lowest BCUT2D eigenvalue weighted by Gasteiger charge is -2.43. The van der Waals surface area contributed by atoms with E-state index in [1.165, 1.54) is 23.1 Å². The summed E-state index contributed by atoms with van der Waals surface area (Å²) in [6.45, 7) is 5.80. The highest BCUT2D eigenvalue weighted by Crippen LogP contribution is 2.50. The van der Waals surface area contributed by atoms with Crippen molar-refractivity contribution < 1.29 is 29.3 Å². The van der Waals surface area contributed by atoms with Crippen molar-refractivity contribution in [2.24, 2.45) is 5.92 Å². The van der Waals surface area contributed by atoms with Crippen molar-refractivity contribution in [3.63, 3.8) is 0 Å². The second kappa shape index (κ2) is 8.70. The number of rotatable bonds is 6. The zero-order valence-electron chi connectivity index (χ0n) is 17.2. The minimum absolute atomic E-state index is 0.0117. The third kappa shape index (κ3) is 3.79. The first-order valence-corrected chi connectivity index (χ1v) is 9.87. The van der Waals surface area contributed by atoms with Gasteiger partial charge < -0.3 is 19.8 Å². The number of carbonyl (C=O) groups is 3. The van der Waals surface area contributed by atoms with E-state index in [1.807, 2.05) is 0 Å². The monoisotopic (exact) mass is 455 g/mol. The molecule has 9 heteroatoms. The molecule has 0 saturated heterocycles. The highest BCUT2D eigenvalue weighted by atomic mass is 35.5. The number of ether oxygens (including phenoxy) is 1. The molecule has 1 aromatic carbocycles. The maximum Gasteiger partial charge on any atom is 0.334 e. The fourth-order valence-corrected chi connectivity index (χ4v) is 4.14. The Bertz CT molecular complexity index is 942. The molecule has 1 aliphatic heterocycles. The van der Waals surface area contributed by atoms with Gasteiger partial charge in [-0.05, 0) is 25.5 Å². The van der Waals surface area contributed by atoms with E-state index >= 15 is 0 Å². The van der Waals surface area contributed by atoms with E-state index in [2.05, 4.69) is 0 Å². The topological polar surface area (TPSA) is 104 Å². The number of allylic oxidation sites excluding steroid dienone is 2. The number of hydrogen-bond donors (Lipinski definition) is 2. The molecule has 2 rings (SSSR count). The van der Waals surface area contributed by atoms with E-state index < -0.39 is 35.8 Å². The van der Waals surface area contributed by atoms with Gasteiger partial charge in [0.25, 0.3) is 0 Å². The van der Waals surface area contributed by atoms with Gasteiger partial charge in [0.15, 0.2) is 0 Å². The summed E-state index contributed by atoms with van der Waals surface area (Å²) in [5.74, 6) is -3.82. The van der Waals surface area contributed by atoms with Gasteiger partial charge in [0, 0.05) is 18.4 Å². The zero-order chi connectivity index (χ0) is 23.0. The van der Waals surface area contributed by atoms with Gasteiger partial charge in [-0.25, -0.2) is 9.59 Å². The van der Waals surface area contributed by atoms with Gasteiger partial charge in [0.1, 0.15) is 6.61 Å². The molecule has 0 radical (unpaired) electrons. The SMILES string of the molecule is CC1=C(C(=O)O)C(COC(=O)C(C)C)(c2cccc(Cl)c2Cl)C(C(=O)O)=C(C)N1C. The fourth-order valence-electron chi connectivity index (χ4n) is 3.68. The van der Waals surface area contributed by atoms with Crippen molar-refractivity contribution in [1.82, 2.24) is 4.90 Å². The summed E-state index contributed by atoms with van der Waals surface area (Å²) in [4.78, 5) is 38.6. The molecule has 1 aromatic rings. The average molecular weight is 456 g/mol. The largest absolute Gasteiger partial charge is 0.478 e. The number of hydrogen-bond acceptors (Lipinski definition) is 5. The van der Waals surface area contributed by atoms with Crippen molar-refractivity contribution in [2.45, 2.75) is 33.1 Å². The Kier molecular flexibility index (Phi) is 6.89. The van der Waals surface area contributed by atoms with Gasteiger partial charge in [-0.2, -0.15) is 0 Å². The van der Waals surface area contributed by atoms with Crippen LogP contribution >= 0.6 is 23.2 Å². The lowest BCUT2D eigenvalue weighted by Crippen LogP contribution is -2.48. The van der Waals surface area contributed by atoms with E-state index in [-0.39, 0.29) is 26.8 Å². The summed E-state index contributed by atoms with van der Waals surface area (Å²) in [6.07, 6.45) is 0. The summed E-state index contributed by atoms with van der Waals surface area (Å²) >= 11 is 12.6. The number of carboxylic acid groups (broad SMARTS) is 2. The van der Waals surface area contributed by atoms with Crippen molar-refractivity contribution in [3.05, 3.63) is 56.3 Å². The van der Waals surface area contributed by atoms with Gasteiger partial charge in [0.2, 0.25) is 0 Å². The van der Waals surface area contributed by atoms with Crippen LogP contribution in [0.5, 0.6) is 0 Å². The van der Waals surface area contributed by atoms with Gasteiger partial charge in [-0.15, -0.1) is 0 Å². The summed E-state index contributed by atoms with van der Waals surface area (Å²) in [6, 6.07) is 4.54. The number of benzene rings is 1. The first-order chi connectivity index (χ1) is 13.9. The third-order valence-corrected chi connectivity index (χ3v) is 6.14. The third-order valence-electron chi connectivity index (χ3n) is 5.32. The van der Waals surface area contributed by atoms with Crippen molar-refractivity contribution in [1.29, 1.82) is 0 Å². The van der Waals surface area contributed by atoms with Crippen molar-refractivity contribution >= 4 is 41.1 Å². The van der Waals surface area contributed by atoms with Crippen molar-refractivity contribution in [3.8, 4) is 0 Å². The second-order valence-electron chi connectivity index (χ2n) is 7.36. The molecule has 0 aliphatic carbocycles. The second-order valence-corrected chi connectivity index (χ2v) is 8.14. The van der Waals surface area contributed by atoms with Crippen LogP contribution in [0, 0.1) is 5.92 Å². The van der Waals surface area contributed by atoms with Gasteiger partial charge >= 0.3 is 17.9 Å². The van der Waals surface area contributed by atoms with Crippen LogP contribution in [-0.4, -0.2) is 46.7 Å². The molecule has 2 N–H and O–H groups in total. The average Bonchev–Trinajstić information content (AvgIpc) is 2.65. The lowest BCUT2D eigenvalue weighted by atomic mass is 9.66. The molecule has 0 unspecified atom stereocenters. The molecular formula is C21H23Cl2NO6. The first kappa shape index (κ1) is 23.8. The highest BCUT2D eigenvalue weighted by Gasteiger charge is 2.53. The molecule has 1 heterocycles. The Morgan fingerprint density at radius 2 is 1.57 bits per heavy atom. The summed E-state index contributed by atoms with van der Waals surface area (Å²) in [5.41, 5.74) is -1.66. The number of carbonyl (C=O) groups excluding carboxylic acids is 1. The smallest absolute Gasteiger partial charge is 0.334 e. The van der Waals surface area contributed by atoms with E-state index in [0.29, 0.717) is 11.4 Å². The van der Waals surface area contributed by atoms with Crippen LogP contribution in [-0.2, 0) is 24.5 Å². The fraction of sp³-hybridized carbons (Fsp3) is 0.381. The van der Waals surface area contributed by atoms with Gasteiger partial charge in [0.05, 0.1) is 32.5 Å². The summed E-state index contributed by atoms with van der Waals surface area (Å²) in [5, 5.41) is 20.4. The minimum atomic E-state index is -1.87. The quantitative estimate of drug-likeness (QED) is 0.622. The predicted octanol–water partition coefficient (Wildman–Crippen LogP) is 4.09. The molecule has 30 heavy (non-hydrogen) atoms. The number of nitrogens with zero attached hydrogens (tertiary/aromatic N) is 1. The predicted molar refractivity (Wildman–Crippen MR) is 112 cm³/mol. The number of esters is 1. The molecule has 7 nitrogen and oxygen atoms in total. The number of carboxylic acids is 2. The molecule has 162 valence electrons. The Balaban J connectivity index is 3.01. The van der Waals surface area contributed by atoms with E-state index in [0.717, 1.165) is 0 Å². The molecule has 0 amide bonds. The maximum atomic E-state index is 12.4. The summed E-state index contributed by atoms with van der Waals surface area (Å²) < 4.78 is 5.43. The molecule has 0 atom stereocenters. The Hall–Kier alpha value is -2.51. The van der Waals surface area contributed by atoms with E-state index in [1.54, 1.807) is 34.7 Å². The van der Waals surface area contributed by atoms with Crippen LogP contribution in [0.2, 0.25) is 10.0 Å².